The standard InChI is InChI=1S/C23H30O5/c1-16(11-9-10-14-21(24)28-23(3,4)5)26-22(25)19-15-20(27-17(19)2)18-12-7-6-8-13-18/h6-8,12-13,15-16H,9-11,14H2,1-5H3/t16-/m1/s1. The van der Waals surface area contributed by atoms with Gasteiger partial charge in [0.15, 0.2) is 0 Å². The van der Waals surface area contributed by atoms with E-state index < -0.39 is 5.60 Å². The van der Waals surface area contributed by atoms with E-state index in [2.05, 4.69) is 0 Å². The van der Waals surface area contributed by atoms with Crippen molar-refractivity contribution in [2.24, 2.45) is 0 Å². The number of esters is 2. The first-order chi connectivity index (χ1) is 13.2. The molecule has 5 heteroatoms. The molecule has 5 nitrogen and oxygen atoms in total. The number of benzene rings is 1. The van der Waals surface area contributed by atoms with Gasteiger partial charge in [0.25, 0.3) is 0 Å². The molecule has 1 atom stereocenters. The third-order valence-electron chi connectivity index (χ3n) is 4.17. The molecule has 1 aromatic heterocycles. The minimum absolute atomic E-state index is 0.195. The maximum absolute atomic E-state index is 12.5. The minimum atomic E-state index is -0.457. The summed E-state index contributed by atoms with van der Waals surface area (Å²) in [5, 5.41) is 0. The van der Waals surface area contributed by atoms with E-state index in [1.54, 1.807) is 13.0 Å². The van der Waals surface area contributed by atoms with Crippen LogP contribution in [0.5, 0.6) is 0 Å². The van der Waals surface area contributed by atoms with Gasteiger partial charge in [-0.15, -0.1) is 0 Å². The van der Waals surface area contributed by atoms with Gasteiger partial charge in [-0.05, 0) is 59.9 Å². The predicted octanol–water partition coefficient (Wildman–Crippen LogP) is 5.70. The predicted molar refractivity (Wildman–Crippen MR) is 108 cm³/mol. The van der Waals surface area contributed by atoms with Crippen molar-refractivity contribution in [3.05, 3.63) is 47.7 Å². The number of aryl methyl sites for hydroxylation is 1. The summed E-state index contributed by atoms with van der Waals surface area (Å²) in [6, 6.07) is 11.4. The molecule has 0 fully saturated rings. The Morgan fingerprint density at radius 2 is 1.79 bits per heavy atom. The highest BCUT2D eigenvalue weighted by Gasteiger charge is 2.20. The van der Waals surface area contributed by atoms with Gasteiger partial charge in [-0.25, -0.2) is 4.79 Å². The van der Waals surface area contributed by atoms with E-state index in [9.17, 15) is 9.59 Å². The molecule has 2 aromatic rings. The monoisotopic (exact) mass is 386 g/mol. The number of hydrogen-bond acceptors (Lipinski definition) is 5. The lowest BCUT2D eigenvalue weighted by atomic mass is 10.1. The largest absolute Gasteiger partial charge is 0.460 e. The molecule has 0 spiro atoms. The number of carbonyl (C=O) groups excluding carboxylic acids is 2. The first kappa shape index (κ1) is 21.7. The summed E-state index contributed by atoms with van der Waals surface area (Å²) in [6.45, 7) is 9.18. The summed E-state index contributed by atoms with van der Waals surface area (Å²) < 4.78 is 16.5. The fourth-order valence-electron chi connectivity index (χ4n) is 2.83. The number of rotatable bonds is 8. The van der Waals surface area contributed by atoms with E-state index in [4.69, 9.17) is 13.9 Å². The van der Waals surface area contributed by atoms with Gasteiger partial charge in [-0.3, -0.25) is 4.79 Å². The van der Waals surface area contributed by atoms with E-state index in [0.717, 1.165) is 12.0 Å². The molecule has 0 bridgehead atoms. The van der Waals surface area contributed by atoms with Gasteiger partial charge < -0.3 is 13.9 Å². The molecule has 0 radical (unpaired) electrons. The molecular formula is C23H30O5. The molecule has 0 saturated heterocycles. The van der Waals surface area contributed by atoms with Crippen LogP contribution in [0.1, 0.15) is 69.5 Å². The summed E-state index contributed by atoms with van der Waals surface area (Å²) in [5.74, 6) is 0.610. The van der Waals surface area contributed by atoms with E-state index in [1.807, 2.05) is 58.0 Å². The zero-order chi connectivity index (χ0) is 20.7. The van der Waals surface area contributed by atoms with Crippen LogP contribution in [0.25, 0.3) is 11.3 Å². The summed E-state index contributed by atoms with van der Waals surface area (Å²) in [6.07, 6.45) is 2.32. The molecule has 0 unspecified atom stereocenters. The van der Waals surface area contributed by atoms with Crippen LogP contribution in [-0.4, -0.2) is 23.6 Å². The van der Waals surface area contributed by atoms with Gasteiger partial charge in [0, 0.05) is 12.0 Å². The van der Waals surface area contributed by atoms with E-state index in [0.29, 0.717) is 36.3 Å². The van der Waals surface area contributed by atoms with Crippen LogP contribution in [0.2, 0.25) is 0 Å². The van der Waals surface area contributed by atoms with Crippen LogP contribution in [0.15, 0.2) is 40.8 Å². The topological polar surface area (TPSA) is 65.7 Å². The second-order valence-electron chi connectivity index (χ2n) is 7.99. The Morgan fingerprint density at radius 3 is 2.43 bits per heavy atom. The Bertz CT molecular complexity index is 783. The molecule has 0 saturated carbocycles. The Labute approximate surface area is 167 Å². The zero-order valence-electron chi connectivity index (χ0n) is 17.4. The van der Waals surface area contributed by atoms with Crippen LogP contribution >= 0.6 is 0 Å². The van der Waals surface area contributed by atoms with Gasteiger partial charge in [-0.1, -0.05) is 30.3 Å². The second-order valence-corrected chi connectivity index (χ2v) is 7.99. The Morgan fingerprint density at radius 1 is 1.11 bits per heavy atom. The van der Waals surface area contributed by atoms with Crippen molar-refractivity contribution in [2.75, 3.05) is 0 Å². The van der Waals surface area contributed by atoms with Gasteiger partial charge in [0.05, 0.1) is 6.10 Å². The van der Waals surface area contributed by atoms with Gasteiger partial charge in [0.2, 0.25) is 0 Å². The Balaban J connectivity index is 1.80. The molecule has 2 rings (SSSR count). The number of hydrogen-bond donors (Lipinski definition) is 0. The Hall–Kier alpha value is -2.56. The third-order valence-corrected chi connectivity index (χ3v) is 4.17. The average molecular weight is 386 g/mol. The van der Waals surface area contributed by atoms with Crippen LogP contribution in [0.4, 0.5) is 0 Å². The maximum atomic E-state index is 12.5. The summed E-state index contributed by atoms with van der Waals surface area (Å²) >= 11 is 0. The van der Waals surface area contributed by atoms with Crippen molar-refractivity contribution in [2.45, 2.75) is 72.0 Å². The highest BCUT2D eigenvalue weighted by Crippen LogP contribution is 2.26. The van der Waals surface area contributed by atoms with E-state index >= 15 is 0 Å². The maximum Gasteiger partial charge on any atom is 0.341 e. The summed E-state index contributed by atoms with van der Waals surface area (Å²) in [7, 11) is 0. The van der Waals surface area contributed by atoms with Crippen LogP contribution in [-0.2, 0) is 14.3 Å². The molecular weight excluding hydrogens is 356 g/mol. The average Bonchev–Trinajstić information content (AvgIpc) is 3.00. The lowest BCUT2D eigenvalue weighted by molar-refractivity contribution is -0.154. The molecule has 0 aliphatic carbocycles. The van der Waals surface area contributed by atoms with E-state index in [-0.39, 0.29) is 18.0 Å². The SMILES string of the molecule is Cc1oc(-c2ccccc2)cc1C(=O)O[C@H](C)CCCCC(=O)OC(C)(C)C. The molecule has 0 aliphatic rings. The molecule has 0 N–H and O–H groups in total. The van der Waals surface area contributed by atoms with Crippen molar-refractivity contribution in [1.29, 1.82) is 0 Å². The van der Waals surface area contributed by atoms with Crippen molar-refractivity contribution < 1.29 is 23.5 Å². The van der Waals surface area contributed by atoms with Crippen molar-refractivity contribution >= 4 is 11.9 Å². The normalized spacial score (nSPS) is 12.5. The molecule has 0 amide bonds. The van der Waals surface area contributed by atoms with Gasteiger partial charge in [0.1, 0.15) is 22.7 Å². The molecule has 1 heterocycles. The van der Waals surface area contributed by atoms with Crippen LogP contribution in [0, 0.1) is 6.92 Å². The van der Waals surface area contributed by atoms with Crippen molar-refractivity contribution in [1.82, 2.24) is 0 Å². The summed E-state index contributed by atoms with van der Waals surface area (Å²) in [4.78, 5) is 24.2. The quantitative estimate of drug-likeness (QED) is 0.430. The highest BCUT2D eigenvalue weighted by molar-refractivity contribution is 5.92. The first-order valence-electron chi connectivity index (χ1n) is 9.74. The third kappa shape index (κ3) is 6.87. The lowest BCUT2D eigenvalue weighted by Gasteiger charge is -2.19. The smallest absolute Gasteiger partial charge is 0.341 e. The first-order valence-corrected chi connectivity index (χ1v) is 9.74. The highest BCUT2D eigenvalue weighted by atomic mass is 16.6. The summed E-state index contributed by atoms with van der Waals surface area (Å²) in [5.41, 5.74) is 0.903. The zero-order valence-corrected chi connectivity index (χ0v) is 17.4. The van der Waals surface area contributed by atoms with Crippen molar-refractivity contribution in [3.63, 3.8) is 0 Å². The Kier molecular flexibility index (Phi) is 7.44. The number of ether oxygens (including phenoxy) is 2. The molecule has 1 aromatic carbocycles. The van der Waals surface area contributed by atoms with Crippen LogP contribution < -0.4 is 0 Å². The molecule has 152 valence electrons. The van der Waals surface area contributed by atoms with Gasteiger partial charge >= 0.3 is 11.9 Å². The second kappa shape index (κ2) is 9.58. The van der Waals surface area contributed by atoms with Crippen molar-refractivity contribution in [3.8, 4) is 11.3 Å². The lowest BCUT2D eigenvalue weighted by Crippen LogP contribution is -2.23. The fourth-order valence-corrected chi connectivity index (χ4v) is 2.83. The minimum Gasteiger partial charge on any atom is -0.460 e. The van der Waals surface area contributed by atoms with Gasteiger partial charge in [-0.2, -0.15) is 0 Å². The number of unbranched alkanes of at least 4 members (excludes halogenated alkanes) is 1. The van der Waals surface area contributed by atoms with E-state index in [1.165, 1.54) is 0 Å². The van der Waals surface area contributed by atoms with Crippen LogP contribution in [0.3, 0.4) is 0 Å². The number of carbonyl (C=O) groups is 2. The number of furan rings is 1. The molecule has 28 heavy (non-hydrogen) atoms. The fraction of sp³-hybridized carbons (Fsp3) is 0.478. The molecule has 0 aliphatic heterocycles.